The molecule has 0 spiro atoms. The first-order valence-corrected chi connectivity index (χ1v) is 6.91. The van der Waals surface area contributed by atoms with Crippen LogP contribution < -0.4 is 5.63 Å². The van der Waals surface area contributed by atoms with Crippen LogP contribution in [-0.2, 0) is 5.75 Å². The van der Waals surface area contributed by atoms with Crippen LogP contribution in [0.1, 0.15) is 18.1 Å². The van der Waals surface area contributed by atoms with Gasteiger partial charge in [-0.1, -0.05) is 19.1 Å². The molecule has 96 valence electrons. The molecule has 1 atom stereocenters. The number of aliphatic hydroxyl groups excluding tert-OH is 1. The highest BCUT2D eigenvalue weighted by atomic mass is 32.2. The highest BCUT2D eigenvalue weighted by Gasteiger charge is 2.08. The smallest absolute Gasteiger partial charge is 0.336 e. The highest BCUT2D eigenvalue weighted by molar-refractivity contribution is 7.99. The van der Waals surface area contributed by atoms with Gasteiger partial charge in [-0.3, -0.25) is 0 Å². The summed E-state index contributed by atoms with van der Waals surface area (Å²) >= 11 is 1.63. The first-order valence-electron chi connectivity index (χ1n) is 5.86. The number of hydrogen-bond acceptors (Lipinski definition) is 4. The fraction of sp³-hybridized carbons (Fsp3) is 0.357. The Morgan fingerprint density at radius 1 is 1.39 bits per heavy atom. The van der Waals surface area contributed by atoms with Crippen LogP contribution in [0.15, 0.2) is 33.5 Å². The Morgan fingerprint density at radius 3 is 2.89 bits per heavy atom. The summed E-state index contributed by atoms with van der Waals surface area (Å²) in [5.41, 5.74) is 2.35. The van der Waals surface area contributed by atoms with Crippen molar-refractivity contribution in [1.29, 1.82) is 0 Å². The van der Waals surface area contributed by atoms with Gasteiger partial charge in [0.2, 0.25) is 0 Å². The third-order valence-corrected chi connectivity index (χ3v) is 3.96. The maximum Gasteiger partial charge on any atom is 0.336 e. The predicted molar refractivity (Wildman–Crippen MR) is 75.1 cm³/mol. The standard InChI is InChI=1S/C14H16O3S/c1-9-3-4-12-11(8-18-10(2)7-15)6-14(16)17-13(12)5-9/h3-6,10,15H,7-8H2,1-2H3. The van der Waals surface area contributed by atoms with E-state index < -0.39 is 0 Å². The molecule has 1 aromatic heterocycles. The third kappa shape index (κ3) is 2.94. The number of hydrogen-bond donors (Lipinski definition) is 1. The second-order valence-corrected chi connectivity index (χ2v) is 5.82. The van der Waals surface area contributed by atoms with Gasteiger partial charge in [-0.15, -0.1) is 0 Å². The van der Waals surface area contributed by atoms with E-state index in [4.69, 9.17) is 9.52 Å². The van der Waals surface area contributed by atoms with Crippen molar-refractivity contribution in [2.45, 2.75) is 24.9 Å². The Morgan fingerprint density at radius 2 is 2.17 bits per heavy atom. The van der Waals surface area contributed by atoms with E-state index in [1.807, 2.05) is 32.0 Å². The minimum Gasteiger partial charge on any atom is -0.423 e. The summed E-state index contributed by atoms with van der Waals surface area (Å²) in [7, 11) is 0. The second kappa shape index (κ2) is 5.59. The molecule has 0 radical (unpaired) electrons. The van der Waals surface area contributed by atoms with E-state index in [1.54, 1.807) is 11.8 Å². The van der Waals surface area contributed by atoms with Crippen LogP contribution in [0, 0.1) is 6.92 Å². The lowest BCUT2D eigenvalue weighted by Crippen LogP contribution is -2.04. The zero-order valence-electron chi connectivity index (χ0n) is 10.5. The molecule has 0 amide bonds. The molecule has 1 heterocycles. The summed E-state index contributed by atoms with van der Waals surface area (Å²) in [6, 6.07) is 7.40. The molecule has 0 saturated carbocycles. The average molecular weight is 264 g/mol. The van der Waals surface area contributed by atoms with Crippen LogP contribution in [0.5, 0.6) is 0 Å². The Hall–Kier alpha value is -1.26. The Bertz CT molecular complexity index is 604. The number of thioether (sulfide) groups is 1. The van der Waals surface area contributed by atoms with Crippen molar-refractivity contribution in [1.82, 2.24) is 0 Å². The fourth-order valence-electron chi connectivity index (χ4n) is 1.74. The first-order chi connectivity index (χ1) is 8.60. The topological polar surface area (TPSA) is 50.4 Å². The molecule has 1 unspecified atom stereocenters. The quantitative estimate of drug-likeness (QED) is 0.863. The van der Waals surface area contributed by atoms with Gasteiger partial charge in [-0.2, -0.15) is 11.8 Å². The zero-order valence-corrected chi connectivity index (χ0v) is 11.3. The Labute approximate surface area is 110 Å². The molecule has 4 heteroatoms. The third-order valence-electron chi connectivity index (χ3n) is 2.77. The monoisotopic (exact) mass is 264 g/mol. The summed E-state index contributed by atoms with van der Waals surface area (Å²) in [6.45, 7) is 4.07. The van der Waals surface area contributed by atoms with Crippen LogP contribution in [-0.4, -0.2) is 17.0 Å². The van der Waals surface area contributed by atoms with Crippen molar-refractivity contribution in [3.8, 4) is 0 Å². The second-order valence-electron chi connectivity index (χ2n) is 4.39. The molecule has 0 aliphatic carbocycles. The molecule has 2 aromatic rings. The molecule has 0 aliphatic heterocycles. The van der Waals surface area contributed by atoms with Crippen LogP contribution in [0.3, 0.4) is 0 Å². The molecule has 0 fully saturated rings. The van der Waals surface area contributed by atoms with E-state index in [2.05, 4.69) is 0 Å². The maximum atomic E-state index is 11.5. The molecule has 18 heavy (non-hydrogen) atoms. The van der Waals surface area contributed by atoms with Crippen molar-refractivity contribution >= 4 is 22.7 Å². The molecular formula is C14H16O3S. The fourth-order valence-corrected chi connectivity index (χ4v) is 2.55. The Balaban J connectivity index is 2.40. The van der Waals surface area contributed by atoms with Gasteiger partial charge in [0, 0.05) is 22.5 Å². The van der Waals surface area contributed by atoms with Gasteiger partial charge in [0.05, 0.1) is 6.61 Å². The number of aryl methyl sites for hydroxylation is 1. The van der Waals surface area contributed by atoms with Crippen molar-refractivity contribution in [3.63, 3.8) is 0 Å². The normalized spacial score (nSPS) is 12.8. The SMILES string of the molecule is Cc1ccc2c(CSC(C)CO)cc(=O)oc2c1. The lowest BCUT2D eigenvalue weighted by atomic mass is 10.1. The van der Waals surface area contributed by atoms with Gasteiger partial charge in [0.25, 0.3) is 0 Å². The van der Waals surface area contributed by atoms with Gasteiger partial charge in [-0.25, -0.2) is 4.79 Å². The molecular weight excluding hydrogens is 248 g/mol. The van der Waals surface area contributed by atoms with Gasteiger partial charge in [0.1, 0.15) is 5.58 Å². The molecule has 1 N–H and O–H groups in total. The zero-order chi connectivity index (χ0) is 13.1. The van der Waals surface area contributed by atoms with E-state index in [0.717, 1.165) is 16.5 Å². The maximum absolute atomic E-state index is 11.5. The van der Waals surface area contributed by atoms with E-state index in [1.165, 1.54) is 6.07 Å². The van der Waals surface area contributed by atoms with Crippen LogP contribution in [0.2, 0.25) is 0 Å². The largest absolute Gasteiger partial charge is 0.423 e. The summed E-state index contributed by atoms with van der Waals surface area (Å²) < 4.78 is 5.20. The summed E-state index contributed by atoms with van der Waals surface area (Å²) in [6.07, 6.45) is 0. The van der Waals surface area contributed by atoms with Gasteiger partial charge < -0.3 is 9.52 Å². The number of aliphatic hydroxyl groups is 1. The van der Waals surface area contributed by atoms with Crippen LogP contribution in [0.25, 0.3) is 11.0 Å². The molecule has 1 aromatic carbocycles. The molecule has 3 nitrogen and oxygen atoms in total. The predicted octanol–water partition coefficient (Wildman–Crippen LogP) is 2.72. The number of fused-ring (bicyclic) bond motifs is 1. The molecule has 0 saturated heterocycles. The number of benzene rings is 1. The van der Waals surface area contributed by atoms with E-state index >= 15 is 0 Å². The highest BCUT2D eigenvalue weighted by Crippen LogP contribution is 2.24. The molecule has 0 aliphatic rings. The first kappa shape index (κ1) is 13.2. The molecule has 2 rings (SSSR count). The van der Waals surface area contributed by atoms with E-state index in [9.17, 15) is 4.79 Å². The van der Waals surface area contributed by atoms with Crippen LogP contribution >= 0.6 is 11.8 Å². The van der Waals surface area contributed by atoms with Crippen molar-refractivity contribution < 1.29 is 9.52 Å². The minimum atomic E-state index is -0.319. The van der Waals surface area contributed by atoms with Crippen molar-refractivity contribution in [2.24, 2.45) is 0 Å². The summed E-state index contributed by atoms with van der Waals surface area (Å²) in [5, 5.41) is 10.2. The van der Waals surface area contributed by atoms with Crippen molar-refractivity contribution in [3.05, 3.63) is 45.8 Å². The summed E-state index contributed by atoms with van der Waals surface area (Å²) in [4.78, 5) is 11.5. The molecule has 0 bridgehead atoms. The van der Waals surface area contributed by atoms with Gasteiger partial charge >= 0.3 is 5.63 Å². The minimum absolute atomic E-state index is 0.142. The van der Waals surface area contributed by atoms with E-state index in [-0.39, 0.29) is 17.5 Å². The number of rotatable bonds is 4. The average Bonchev–Trinajstić information content (AvgIpc) is 2.34. The van der Waals surface area contributed by atoms with Crippen LogP contribution in [0.4, 0.5) is 0 Å². The van der Waals surface area contributed by atoms with Gasteiger partial charge in [-0.05, 0) is 24.1 Å². The lowest BCUT2D eigenvalue weighted by molar-refractivity contribution is 0.300. The summed E-state index contributed by atoms with van der Waals surface area (Å²) in [5.74, 6) is 0.701. The van der Waals surface area contributed by atoms with Gasteiger partial charge in [0.15, 0.2) is 0 Å². The van der Waals surface area contributed by atoms with E-state index in [0.29, 0.717) is 11.3 Å². The Kier molecular flexibility index (Phi) is 4.09. The van der Waals surface area contributed by atoms with Crippen molar-refractivity contribution in [2.75, 3.05) is 6.61 Å². The lowest BCUT2D eigenvalue weighted by Gasteiger charge is -2.09.